The Balaban J connectivity index is 1.72. The van der Waals surface area contributed by atoms with E-state index >= 15 is 0 Å². The molecule has 0 saturated heterocycles. The number of anilines is 1. The molecule has 1 N–H and O–H groups in total. The molecule has 3 rings (SSSR count). The Morgan fingerprint density at radius 1 is 1.17 bits per heavy atom. The van der Waals surface area contributed by atoms with E-state index in [4.69, 9.17) is 21.1 Å². The van der Waals surface area contributed by atoms with Gasteiger partial charge in [0.2, 0.25) is 10.0 Å². The Kier molecular flexibility index (Phi) is 6.29. The molecule has 0 aliphatic carbocycles. The van der Waals surface area contributed by atoms with E-state index in [9.17, 15) is 13.2 Å². The molecule has 154 valence electrons. The van der Waals surface area contributed by atoms with E-state index in [0.717, 1.165) is 16.1 Å². The van der Waals surface area contributed by atoms with Crippen molar-refractivity contribution in [3.05, 3.63) is 53.1 Å². The number of carbonyl (C=O) groups is 1. The van der Waals surface area contributed by atoms with Crippen LogP contribution in [-0.4, -0.2) is 46.1 Å². The van der Waals surface area contributed by atoms with E-state index in [0.29, 0.717) is 30.4 Å². The number of rotatable bonds is 6. The molecule has 0 fully saturated rings. The predicted octanol–water partition coefficient (Wildman–Crippen LogP) is 2.42. The lowest BCUT2D eigenvalue weighted by molar-refractivity contribution is -0.119. The van der Waals surface area contributed by atoms with Crippen molar-refractivity contribution >= 4 is 38.9 Å². The number of para-hydroxylation sites is 1. The van der Waals surface area contributed by atoms with Gasteiger partial charge >= 0.3 is 0 Å². The minimum absolute atomic E-state index is 0.222. The average molecular weight is 438 g/mol. The Labute approximate surface area is 174 Å². The quantitative estimate of drug-likeness (QED) is 0.553. The minimum Gasteiger partial charge on any atom is -0.486 e. The van der Waals surface area contributed by atoms with E-state index in [1.807, 2.05) is 0 Å². The SMILES string of the molecule is CC(=NNC(=O)CN(c1ccccc1Cl)S(C)(=O)=O)c1ccc2c(c1)OCCO2. The molecule has 29 heavy (non-hydrogen) atoms. The Bertz CT molecular complexity index is 1060. The highest BCUT2D eigenvalue weighted by atomic mass is 35.5. The number of fused-ring (bicyclic) bond motifs is 1. The Morgan fingerprint density at radius 2 is 1.86 bits per heavy atom. The van der Waals surface area contributed by atoms with Crippen LogP contribution in [0.1, 0.15) is 12.5 Å². The third kappa shape index (κ3) is 5.18. The van der Waals surface area contributed by atoms with Crippen molar-refractivity contribution in [1.82, 2.24) is 5.43 Å². The van der Waals surface area contributed by atoms with Crippen LogP contribution in [0.25, 0.3) is 0 Å². The largest absolute Gasteiger partial charge is 0.486 e. The molecular formula is C19H20ClN3O5S. The maximum absolute atomic E-state index is 12.3. The van der Waals surface area contributed by atoms with Gasteiger partial charge in [0, 0.05) is 5.56 Å². The fraction of sp³-hybridized carbons (Fsp3) is 0.263. The number of carbonyl (C=O) groups excluding carboxylic acids is 1. The van der Waals surface area contributed by atoms with Gasteiger partial charge in [0.05, 0.1) is 22.7 Å². The van der Waals surface area contributed by atoms with Crippen molar-refractivity contribution in [2.24, 2.45) is 5.10 Å². The summed E-state index contributed by atoms with van der Waals surface area (Å²) in [7, 11) is -3.73. The van der Waals surface area contributed by atoms with Gasteiger partial charge in [-0.1, -0.05) is 23.7 Å². The number of nitrogens with zero attached hydrogens (tertiary/aromatic N) is 2. The fourth-order valence-electron chi connectivity index (χ4n) is 2.68. The first-order valence-electron chi connectivity index (χ1n) is 8.71. The molecule has 10 heteroatoms. The fourth-order valence-corrected chi connectivity index (χ4v) is 3.84. The zero-order valence-corrected chi connectivity index (χ0v) is 17.5. The first-order chi connectivity index (χ1) is 13.8. The Morgan fingerprint density at radius 3 is 2.55 bits per heavy atom. The van der Waals surface area contributed by atoms with Gasteiger partial charge in [0.25, 0.3) is 5.91 Å². The molecule has 1 amide bonds. The molecule has 0 radical (unpaired) electrons. The van der Waals surface area contributed by atoms with E-state index in [2.05, 4.69) is 10.5 Å². The molecule has 0 unspecified atom stereocenters. The van der Waals surface area contributed by atoms with Gasteiger partial charge in [-0.05, 0) is 37.3 Å². The third-order valence-electron chi connectivity index (χ3n) is 4.12. The minimum atomic E-state index is -3.73. The molecule has 1 aliphatic heterocycles. The summed E-state index contributed by atoms with van der Waals surface area (Å²) in [5, 5.41) is 4.28. The maximum atomic E-state index is 12.3. The van der Waals surface area contributed by atoms with Crippen LogP contribution in [0.5, 0.6) is 11.5 Å². The van der Waals surface area contributed by atoms with Gasteiger partial charge in [-0.25, -0.2) is 13.8 Å². The van der Waals surface area contributed by atoms with Crippen molar-refractivity contribution in [3.63, 3.8) is 0 Å². The number of halogens is 1. The first kappa shape index (κ1) is 20.9. The topological polar surface area (TPSA) is 97.3 Å². The number of ether oxygens (including phenoxy) is 2. The van der Waals surface area contributed by atoms with Crippen LogP contribution in [0.15, 0.2) is 47.6 Å². The monoisotopic (exact) mass is 437 g/mol. The first-order valence-corrected chi connectivity index (χ1v) is 10.9. The lowest BCUT2D eigenvalue weighted by atomic mass is 10.1. The lowest BCUT2D eigenvalue weighted by Crippen LogP contribution is -2.39. The summed E-state index contributed by atoms with van der Waals surface area (Å²) in [6, 6.07) is 11.7. The average Bonchev–Trinajstić information content (AvgIpc) is 2.69. The summed E-state index contributed by atoms with van der Waals surface area (Å²) in [4.78, 5) is 12.3. The van der Waals surface area contributed by atoms with E-state index in [1.54, 1.807) is 43.3 Å². The van der Waals surface area contributed by atoms with Gasteiger partial charge in [-0.2, -0.15) is 5.10 Å². The van der Waals surface area contributed by atoms with Crippen LogP contribution in [0, 0.1) is 0 Å². The highest BCUT2D eigenvalue weighted by Gasteiger charge is 2.22. The van der Waals surface area contributed by atoms with Gasteiger partial charge in [-0.3, -0.25) is 9.10 Å². The number of hydrogen-bond donors (Lipinski definition) is 1. The molecule has 1 heterocycles. The standard InChI is InChI=1S/C19H20ClN3O5S/c1-13(14-7-8-17-18(11-14)28-10-9-27-17)21-22-19(24)12-23(29(2,25)26)16-6-4-3-5-15(16)20/h3-8,11H,9-10,12H2,1-2H3,(H,22,24). The summed E-state index contributed by atoms with van der Waals surface area (Å²) >= 11 is 6.09. The zero-order valence-electron chi connectivity index (χ0n) is 15.9. The number of hydrazone groups is 1. The van der Waals surface area contributed by atoms with Crippen LogP contribution < -0.4 is 19.2 Å². The van der Waals surface area contributed by atoms with Crippen LogP contribution in [-0.2, 0) is 14.8 Å². The molecule has 2 aromatic carbocycles. The summed E-state index contributed by atoms with van der Waals surface area (Å²) < 4.78 is 36.2. The van der Waals surface area contributed by atoms with E-state index < -0.39 is 22.5 Å². The summed E-state index contributed by atoms with van der Waals surface area (Å²) in [6.45, 7) is 2.22. The number of sulfonamides is 1. The second-order valence-electron chi connectivity index (χ2n) is 6.31. The Hall–Kier alpha value is -2.78. The normalized spacial score (nSPS) is 13.7. The molecule has 8 nitrogen and oxygen atoms in total. The van der Waals surface area contributed by atoms with Crippen LogP contribution >= 0.6 is 11.6 Å². The third-order valence-corrected chi connectivity index (χ3v) is 5.56. The molecule has 2 aromatic rings. The number of hydrogen-bond acceptors (Lipinski definition) is 6. The highest BCUT2D eigenvalue weighted by Crippen LogP contribution is 2.31. The molecular weight excluding hydrogens is 418 g/mol. The number of benzene rings is 2. The summed E-state index contributed by atoms with van der Waals surface area (Å²) in [5.74, 6) is 0.657. The van der Waals surface area contributed by atoms with Gasteiger partial charge in [0.1, 0.15) is 19.8 Å². The summed E-state index contributed by atoms with van der Waals surface area (Å²) in [5.41, 5.74) is 3.87. The van der Waals surface area contributed by atoms with Crippen LogP contribution in [0.2, 0.25) is 5.02 Å². The van der Waals surface area contributed by atoms with Crippen molar-refractivity contribution < 1.29 is 22.7 Å². The van der Waals surface area contributed by atoms with Crippen molar-refractivity contribution in [2.75, 3.05) is 30.3 Å². The van der Waals surface area contributed by atoms with Crippen molar-refractivity contribution in [1.29, 1.82) is 0 Å². The molecule has 0 saturated carbocycles. The van der Waals surface area contributed by atoms with Crippen LogP contribution in [0.4, 0.5) is 5.69 Å². The molecule has 0 bridgehead atoms. The number of amides is 1. The maximum Gasteiger partial charge on any atom is 0.260 e. The van der Waals surface area contributed by atoms with Gasteiger partial charge in [0.15, 0.2) is 11.5 Å². The van der Waals surface area contributed by atoms with Crippen LogP contribution in [0.3, 0.4) is 0 Å². The zero-order chi connectivity index (χ0) is 21.0. The lowest BCUT2D eigenvalue weighted by Gasteiger charge is -2.22. The van der Waals surface area contributed by atoms with Gasteiger partial charge < -0.3 is 9.47 Å². The van der Waals surface area contributed by atoms with E-state index in [1.165, 1.54) is 6.07 Å². The summed E-state index contributed by atoms with van der Waals surface area (Å²) in [6.07, 6.45) is 1.01. The second-order valence-corrected chi connectivity index (χ2v) is 8.63. The highest BCUT2D eigenvalue weighted by molar-refractivity contribution is 7.92. The second kappa shape index (κ2) is 8.71. The van der Waals surface area contributed by atoms with E-state index in [-0.39, 0.29) is 10.7 Å². The molecule has 0 spiro atoms. The molecule has 0 atom stereocenters. The number of nitrogens with one attached hydrogen (secondary N) is 1. The predicted molar refractivity (Wildman–Crippen MR) is 111 cm³/mol. The van der Waals surface area contributed by atoms with Crippen molar-refractivity contribution in [3.8, 4) is 11.5 Å². The molecule has 0 aromatic heterocycles. The van der Waals surface area contributed by atoms with Gasteiger partial charge in [-0.15, -0.1) is 0 Å². The molecule has 1 aliphatic rings. The van der Waals surface area contributed by atoms with Crippen molar-refractivity contribution in [2.45, 2.75) is 6.92 Å². The smallest absolute Gasteiger partial charge is 0.260 e.